The summed E-state index contributed by atoms with van der Waals surface area (Å²) in [5.74, 6) is 0. The quantitative estimate of drug-likeness (QED) is 0.533. The van der Waals surface area contributed by atoms with Gasteiger partial charge in [-0.3, -0.25) is 0 Å². The number of rotatable bonds is 1. The third-order valence-corrected chi connectivity index (χ3v) is 3.17. The van der Waals surface area contributed by atoms with E-state index in [1.807, 2.05) is 6.92 Å². The molecule has 0 saturated heterocycles. The van der Waals surface area contributed by atoms with Crippen LogP contribution >= 0.6 is 0 Å². The molecule has 0 saturated carbocycles. The van der Waals surface area contributed by atoms with E-state index in [-0.39, 0.29) is 0 Å². The average molecular weight is 219 g/mol. The smallest absolute Gasteiger partial charge is 0.0618 e. The maximum Gasteiger partial charge on any atom is 0.0618 e. The summed E-state index contributed by atoms with van der Waals surface area (Å²) in [6.07, 6.45) is 0. The average Bonchev–Trinajstić information content (AvgIpc) is 2.72. The lowest BCUT2D eigenvalue weighted by Crippen LogP contribution is -1.91. The zero-order valence-electron chi connectivity index (χ0n) is 9.77. The van der Waals surface area contributed by atoms with Crippen molar-refractivity contribution in [2.75, 3.05) is 0 Å². The van der Waals surface area contributed by atoms with Gasteiger partial charge in [0, 0.05) is 10.8 Å². The van der Waals surface area contributed by atoms with Crippen LogP contribution < -0.4 is 0 Å². The number of aromatic nitrogens is 1. The maximum atomic E-state index is 3.75. The maximum absolute atomic E-state index is 3.75. The SMILES string of the molecule is C=C=C(C)n1c2ccccc2c2ccccc21. The van der Waals surface area contributed by atoms with Gasteiger partial charge in [0.25, 0.3) is 0 Å². The number of hydrogen-bond acceptors (Lipinski definition) is 0. The number of para-hydroxylation sites is 2. The molecule has 0 fully saturated rings. The second kappa shape index (κ2) is 3.65. The summed E-state index contributed by atoms with van der Waals surface area (Å²) < 4.78 is 2.21. The van der Waals surface area contributed by atoms with E-state index < -0.39 is 0 Å². The van der Waals surface area contributed by atoms with Crippen molar-refractivity contribution in [1.82, 2.24) is 4.57 Å². The van der Waals surface area contributed by atoms with E-state index in [0.717, 1.165) is 5.70 Å². The van der Waals surface area contributed by atoms with Gasteiger partial charge in [0.15, 0.2) is 0 Å². The van der Waals surface area contributed by atoms with Crippen LogP contribution in [0.25, 0.3) is 27.5 Å². The first kappa shape index (κ1) is 9.95. The molecular weight excluding hydrogens is 206 g/mol. The number of fused-ring (bicyclic) bond motifs is 3. The Morgan fingerprint density at radius 3 is 1.88 bits per heavy atom. The third kappa shape index (κ3) is 1.33. The molecule has 0 aliphatic heterocycles. The molecule has 1 heterocycles. The Morgan fingerprint density at radius 2 is 1.41 bits per heavy atom. The first-order valence-corrected chi connectivity index (χ1v) is 5.68. The van der Waals surface area contributed by atoms with Crippen molar-refractivity contribution < 1.29 is 0 Å². The number of benzene rings is 2. The molecule has 1 aromatic heterocycles. The van der Waals surface area contributed by atoms with E-state index in [0.29, 0.717) is 0 Å². The highest BCUT2D eigenvalue weighted by atomic mass is 15.0. The van der Waals surface area contributed by atoms with Crippen molar-refractivity contribution in [2.45, 2.75) is 6.92 Å². The van der Waals surface area contributed by atoms with Crippen LogP contribution in [0.1, 0.15) is 6.92 Å². The predicted molar refractivity (Wildman–Crippen MR) is 74.0 cm³/mol. The summed E-state index contributed by atoms with van der Waals surface area (Å²) in [4.78, 5) is 0. The lowest BCUT2D eigenvalue weighted by molar-refractivity contribution is 1.21. The van der Waals surface area contributed by atoms with Gasteiger partial charge in [-0.1, -0.05) is 43.0 Å². The highest BCUT2D eigenvalue weighted by molar-refractivity contribution is 6.09. The fourth-order valence-electron chi connectivity index (χ4n) is 2.36. The summed E-state index contributed by atoms with van der Waals surface area (Å²) >= 11 is 0. The van der Waals surface area contributed by atoms with Gasteiger partial charge in [-0.2, -0.15) is 0 Å². The monoisotopic (exact) mass is 219 g/mol. The molecule has 0 bridgehead atoms. The highest BCUT2D eigenvalue weighted by Gasteiger charge is 2.09. The lowest BCUT2D eigenvalue weighted by atomic mass is 10.2. The summed E-state index contributed by atoms with van der Waals surface area (Å²) in [7, 11) is 0. The molecule has 2 aromatic carbocycles. The largest absolute Gasteiger partial charge is 0.306 e. The molecule has 82 valence electrons. The Bertz CT molecular complexity index is 702. The lowest BCUT2D eigenvalue weighted by Gasteiger charge is -2.04. The van der Waals surface area contributed by atoms with Gasteiger partial charge in [0.2, 0.25) is 0 Å². The van der Waals surface area contributed by atoms with Crippen molar-refractivity contribution in [3.8, 4) is 0 Å². The Hall–Kier alpha value is -2.24. The van der Waals surface area contributed by atoms with Gasteiger partial charge in [0.1, 0.15) is 0 Å². The van der Waals surface area contributed by atoms with Crippen molar-refractivity contribution >= 4 is 27.5 Å². The number of nitrogens with zero attached hydrogens (tertiary/aromatic N) is 1. The predicted octanol–water partition coefficient (Wildman–Crippen LogP) is 4.44. The molecule has 0 N–H and O–H groups in total. The van der Waals surface area contributed by atoms with Gasteiger partial charge >= 0.3 is 0 Å². The van der Waals surface area contributed by atoms with Crippen molar-refractivity contribution in [2.24, 2.45) is 0 Å². The molecule has 1 heteroatoms. The molecule has 0 radical (unpaired) electrons. The van der Waals surface area contributed by atoms with Crippen LogP contribution in [0.5, 0.6) is 0 Å². The Labute approximate surface area is 100 Å². The Morgan fingerprint density at radius 1 is 0.941 bits per heavy atom. The van der Waals surface area contributed by atoms with E-state index in [9.17, 15) is 0 Å². The van der Waals surface area contributed by atoms with Crippen LogP contribution in [0.15, 0.2) is 60.8 Å². The minimum atomic E-state index is 1.03. The molecule has 0 spiro atoms. The minimum Gasteiger partial charge on any atom is -0.306 e. The van der Waals surface area contributed by atoms with E-state index in [1.165, 1.54) is 21.8 Å². The van der Waals surface area contributed by atoms with Crippen molar-refractivity contribution in [1.29, 1.82) is 0 Å². The minimum absolute atomic E-state index is 1.03. The second-order valence-electron chi connectivity index (χ2n) is 4.13. The fraction of sp³-hybridized carbons (Fsp3) is 0.0625. The molecule has 0 atom stereocenters. The van der Waals surface area contributed by atoms with Crippen LogP contribution in [0, 0.1) is 0 Å². The molecular formula is C16H13N. The molecule has 0 unspecified atom stereocenters. The highest BCUT2D eigenvalue weighted by Crippen LogP contribution is 2.30. The van der Waals surface area contributed by atoms with Crippen LogP contribution in [-0.2, 0) is 0 Å². The van der Waals surface area contributed by atoms with Crippen LogP contribution in [-0.4, -0.2) is 4.57 Å². The van der Waals surface area contributed by atoms with Crippen molar-refractivity contribution in [3.63, 3.8) is 0 Å². The standard InChI is InChI=1S/C16H13N/c1-3-12(2)17-15-10-6-4-8-13(15)14-9-5-7-11-16(14)17/h4-11H,1H2,2H3. The van der Waals surface area contributed by atoms with Crippen LogP contribution in [0.3, 0.4) is 0 Å². The zero-order chi connectivity index (χ0) is 11.8. The number of allylic oxidation sites excluding steroid dienone is 1. The van der Waals surface area contributed by atoms with Crippen LogP contribution in [0.2, 0.25) is 0 Å². The van der Waals surface area contributed by atoms with E-state index >= 15 is 0 Å². The molecule has 17 heavy (non-hydrogen) atoms. The van der Waals surface area contributed by atoms with E-state index in [1.54, 1.807) is 0 Å². The summed E-state index contributed by atoms with van der Waals surface area (Å²) in [6.45, 7) is 5.78. The van der Waals surface area contributed by atoms with Crippen LogP contribution in [0.4, 0.5) is 0 Å². The topological polar surface area (TPSA) is 4.93 Å². The molecule has 0 amide bonds. The first-order chi connectivity index (χ1) is 8.33. The van der Waals surface area contributed by atoms with Crippen molar-refractivity contribution in [3.05, 3.63) is 60.8 Å². The van der Waals surface area contributed by atoms with E-state index in [2.05, 4.69) is 65.4 Å². The molecule has 0 aliphatic rings. The Balaban J connectivity index is 2.64. The number of hydrogen-bond donors (Lipinski definition) is 0. The van der Waals surface area contributed by atoms with Gasteiger partial charge < -0.3 is 4.57 Å². The van der Waals surface area contributed by atoms with Gasteiger partial charge in [-0.25, -0.2) is 0 Å². The fourth-order valence-corrected chi connectivity index (χ4v) is 2.36. The summed E-state index contributed by atoms with van der Waals surface area (Å²) in [6, 6.07) is 16.9. The Kier molecular flexibility index (Phi) is 2.14. The van der Waals surface area contributed by atoms with Gasteiger partial charge in [0.05, 0.1) is 16.7 Å². The first-order valence-electron chi connectivity index (χ1n) is 5.68. The second-order valence-corrected chi connectivity index (χ2v) is 4.13. The molecule has 1 nitrogen and oxygen atoms in total. The normalized spacial score (nSPS) is 10.6. The van der Waals surface area contributed by atoms with Gasteiger partial charge in [-0.05, 0) is 19.1 Å². The van der Waals surface area contributed by atoms with Gasteiger partial charge in [-0.15, -0.1) is 5.73 Å². The third-order valence-electron chi connectivity index (χ3n) is 3.17. The molecule has 0 aliphatic carbocycles. The molecule has 3 rings (SSSR count). The van der Waals surface area contributed by atoms with E-state index in [4.69, 9.17) is 0 Å². The summed E-state index contributed by atoms with van der Waals surface area (Å²) in [5.41, 5.74) is 6.43. The molecule has 3 aromatic rings. The zero-order valence-corrected chi connectivity index (χ0v) is 9.77. The summed E-state index contributed by atoms with van der Waals surface area (Å²) in [5, 5.41) is 2.55.